The van der Waals surface area contributed by atoms with Crippen LogP contribution in [0.1, 0.15) is 10.4 Å². The van der Waals surface area contributed by atoms with Gasteiger partial charge in [0, 0.05) is 18.1 Å². The summed E-state index contributed by atoms with van der Waals surface area (Å²) < 4.78 is 13.0. The van der Waals surface area contributed by atoms with Gasteiger partial charge in [0.2, 0.25) is 5.91 Å². The van der Waals surface area contributed by atoms with E-state index in [4.69, 9.17) is 11.6 Å². The molecule has 21 heavy (non-hydrogen) atoms. The first-order valence-corrected chi connectivity index (χ1v) is 6.37. The fourth-order valence-electron chi connectivity index (χ4n) is 1.54. The molecule has 2 rings (SSSR count). The molecular formula is C14H11ClFN3O2. The van der Waals surface area contributed by atoms with E-state index in [2.05, 4.69) is 15.6 Å². The van der Waals surface area contributed by atoms with Crippen molar-refractivity contribution in [1.29, 1.82) is 0 Å². The number of benzene rings is 1. The van der Waals surface area contributed by atoms with E-state index in [9.17, 15) is 14.0 Å². The molecule has 1 aromatic carbocycles. The van der Waals surface area contributed by atoms with Crippen LogP contribution in [-0.4, -0.2) is 23.3 Å². The summed E-state index contributed by atoms with van der Waals surface area (Å²) >= 11 is 5.60. The van der Waals surface area contributed by atoms with Gasteiger partial charge in [-0.1, -0.05) is 11.6 Å². The van der Waals surface area contributed by atoms with Gasteiger partial charge in [0.05, 0.1) is 17.1 Å². The van der Waals surface area contributed by atoms with Gasteiger partial charge in [-0.25, -0.2) is 4.39 Å². The first-order chi connectivity index (χ1) is 10.1. The summed E-state index contributed by atoms with van der Waals surface area (Å²) in [5, 5.41) is 4.85. The number of anilines is 1. The average Bonchev–Trinajstić information content (AvgIpc) is 2.49. The van der Waals surface area contributed by atoms with Crippen LogP contribution < -0.4 is 10.6 Å². The molecule has 0 spiro atoms. The smallest absolute Gasteiger partial charge is 0.253 e. The van der Waals surface area contributed by atoms with E-state index >= 15 is 0 Å². The van der Waals surface area contributed by atoms with Crippen molar-refractivity contribution in [2.75, 3.05) is 11.9 Å². The zero-order chi connectivity index (χ0) is 15.2. The molecule has 1 heterocycles. The zero-order valence-electron chi connectivity index (χ0n) is 10.8. The van der Waals surface area contributed by atoms with Crippen molar-refractivity contribution in [2.45, 2.75) is 0 Å². The Morgan fingerprint density at radius 1 is 1.29 bits per heavy atom. The van der Waals surface area contributed by atoms with E-state index in [0.29, 0.717) is 11.3 Å². The van der Waals surface area contributed by atoms with Crippen LogP contribution in [0.2, 0.25) is 5.02 Å². The zero-order valence-corrected chi connectivity index (χ0v) is 11.5. The molecule has 0 saturated carbocycles. The number of carbonyl (C=O) groups is 2. The first-order valence-electron chi connectivity index (χ1n) is 5.99. The van der Waals surface area contributed by atoms with Crippen molar-refractivity contribution in [1.82, 2.24) is 10.3 Å². The van der Waals surface area contributed by atoms with Crippen molar-refractivity contribution in [3.8, 4) is 0 Å². The number of halogens is 2. The topological polar surface area (TPSA) is 71.1 Å². The summed E-state index contributed by atoms with van der Waals surface area (Å²) in [5.74, 6) is -1.43. The van der Waals surface area contributed by atoms with Gasteiger partial charge < -0.3 is 10.6 Å². The van der Waals surface area contributed by atoms with Crippen LogP contribution in [0.15, 0.2) is 42.7 Å². The quantitative estimate of drug-likeness (QED) is 0.910. The van der Waals surface area contributed by atoms with Gasteiger partial charge in [0.1, 0.15) is 5.82 Å². The molecule has 0 saturated heterocycles. The lowest BCUT2D eigenvalue weighted by Crippen LogP contribution is -2.32. The number of hydrogen-bond acceptors (Lipinski definition) is 3. The van der Waals surface area contributed by atoms with E-state index in [-0.39, 0.29) is 11.6 Å². The Hall–Kier alpha value is -2.47. The second-order valence-corrected chi connectivity index (χ2v) is 4.51. The highest BCUT2D eigenvalue weighted by atomic mass is 35.5. The molecule has 0 aliphatic carbocycles. The maximum atomic E-state index is 13.0. The van der Waals surface area contributed by atoms with Crippen molar-refractivity contribution >= 4 is 29.1 Å². The lowest BCUT2D eigenvalue weighted by molar-refractivity contribution is -0.115. The Morgan fingerprint density at radius 2 is 2.10 bits per heavy atom. The summed E-state index contributed by atoms with van der Waals surface area (Å²) in [6, 6.07) is 7.02. The van der Waals surface area contributed by atoms with E-state index in [1.54, 1.807) is 18.3 Å². The Balaban J connectivity index is 1.87. The maximum absolute atomic E-state index is 13.0. The molecule has 7 heteroatoms. The van der Waals surface area contributed by atoms with Crippen molar-refractivity contribution in [2.24, 2.45) is 0 Å². The molecule has 0 fully saturated rings. The SMILES string of the molecule is O=C(CNC(=O)c1cccnc1)Nc1ccc(F)c(Cl)c1. The molecule has 108 valence electrons. The van der Waals surface area contributed by atoms with Crippen LogP contribution in [0.25, 0.3) is 0 Å². The Labute approximate surface area is 125 Å². The van der Waals surface area contributed by atoms with Crippen LogP contribution in [-0.2, 0) is 4.79 Å². The van der Waals surface area contributed by atoms with Crippen molar-refractivity contribution in [3.63, 3.8) is 0 Å². The van der Waals surface area contributed by atoms with E-state index in [1.807, 2.05) is 0 Å². The molecule has 0 radical (unpaired) electrons. The number of carbonyl (C=O) groups excluding carboxylic acids is 2. The Bertz CT molecular complexity index is 665. The predicted molar refractivity (Wildman–Crippen MR) is 76.6 cm³/mol. The summed E-state index contributed by atoms with van der Waals surface area (Å²) in [5.41, 5.74) is 0.706. The van der Waals surface area contributed by atoms with Gasteiger partial charge in [0.15, 0.2) is 0 Å². The van der Waals surface area contributed by atoms with Gasteiger partial charge in [-0.15, -0.1) is 0 Å². The third kappa shape index (κ3) is 4.25. The van der Waals surface area contributed by atoms with E-state index in [0.717, 1.165) is 6.07 Å². The number of nitrogens with zero attached hydrogens (tertiary/aromatic N) is 1. The third-order valence-corrected chi connectivity index (χ3v) is 2.83. The highest BCUT2D eigenvalue weighted by molar-refractivity contribution is 6.31. The van der Waals surface area contributed by atoms with Gasteiger partial charge in [-0.05, 0) is 30.3 Å². The molecule has 2 N–H and O–H groups in total. The highest BCUT2D eigenvalue weighted by Gasteiger charge is 2.09. The van der Waals surface area contributed by atoms with Crippen LogP contribution in [0.4, 0.5) is 10.1 Å². The van der Waals surface area contributed by atoms with E-state index in [1.165, 1.54) is 18.3 Å². The minimum atomic E-state index is -0.570. The highest BCUT2D eigenvalue weighted by Crippen LogP contribution is 2.19. The lowest BCUT2D eigenvalue weighted by atomic mass is 10.2. The van der Waals surface area contributed by atoms with Crippen LogP contribution >= 0.6 is 11.6 Å². The van der Waals surface area contributed by atoms with E-state index < -0.39 is 17.6 Å². The summed E-state index contributed by atoms with van der Waals surface area (Å²) in [6.07, 6.45) is 2.94. The predicted octanol–water partition coefficient (Wildman–Crippen LogP) is 2.24. The lowest BCUT2D eigenvalue weighted by Gasteiger charge is -2.07. The van der Waals surface area contributed by atoms with Crippen LogP contribution in [0.5, 0.6) is 0 Å². The molecular weight excluding hydrogens is 297 g/mol. The molecule has 1 aromatic heterocycles. The average molecular weight is 308 g/mol. The third-order valence-electron chi connectivity index (χ3n) is 2.54. The molecule has 0 aliphatic rings. The normalized spacial score (nSPS) is 10.0. The fourth-order valence-corrected chi connectivity index (χ4v) is 1.72. The summed E-state index contributed by atoms with van der Waals surface area (Å²) in [4.78, 5) is 27.2. The molecule has 0 bridgehead atoms. The fraction of sp³-hybridized carbons (Fsp3) is 0.0714. The molecule has 0 aliphatic heterocycles. The van der Waals surface area contributed by atoms with Crippen LogP contribution in [0, 0.1) is 5.82 Å². The summed E-state index contributed by atoms with van der Waals surface area (Å²) in [7, 11) is 0. The number of nitrogens with one attached hydrogen (secondary N) is 2. The van der Waals surface area contributed by atoms with Crippen molar-refractivity contribution in [3.05, 3.63) is 59.1 Å². The molecule has 2 amide bonds. The number of rotatable bonds is 4. The Kier molecular flexibility index (Phi) is 4.84. The van der Waals surface area contributed by atoms with Gasteiger partial charge in [-0.2, -0.15) is 0 Å². The molecule has 0 atom stereocenters. The minimum Gasteiger partial charge on any atom is -0.343 e. The van der Waals surface area contributed by atoms with Gasteiger partial charge in [0.25, 0.3) is 5.91 Å². The summed E-state index contributed by atoms with van der Waals surface area (Å²) in [6.45, 7) is -0.220. The Morgan fingerprint density at radius 3 is 2.76 bits per heavy atom. The first kappa shape index (κ1) is 14.9. The number of aromatic nitrogens is 1. The number of hydrogen-bond donors (Lipinski definition) is 2. The maximum Gasteiger partial charge on any atom is 0.253 e. The van der Waals surface area contributed by atoms with Crippen LogP contribution in [0.3, 0.4) is 0 Å². The van der Waals surface area contributed by atoms with Gasteiger partial charge >= 0.3 is 0 Å². The standard InChI is InChI=1S/C14H11ClFN3O2/c15-11-6-10(3-4-12(11)16)19-13(20)8-18-14(21)9-2-1-5-17-7-9/h1-7H,8H2,(H,18,21)(H,19,20). The largest absolute Gasteiger partial charge is 0.343 e. The molecule has 5 nitrogen and oxygen atoms in total. The number of amides is 2. The molecule has 0 unspecified atom stereocenters. The molecule has 2 aromatic rings. The second kappa shape index (κ2) is 6.81. The number of pyridine rings is 1. The van der Waals surface area contributed by atoms with Crippen molar-refractivity contribution < 1.29 is 14.0 Å². The monoisotopic (exact) mass is 307 g/mol. The van der Waals surface area contributed by atoms with Gasteiger partial charge in [-0.3, -0.25) is 14.6 Å². The minimum absolute atomic E-state index is 0.0906. The second-order valence-electron chi connectivity index (χ2n) is 4.10.